The lowest BCUT2D eigenvalue weighted by Crippen LogP contribution is -2.10. The molecule has 3 rings (SSSR count). The number of carbonyl (C=O) groups is 1. The maximum Gasteiger partial charge on any atom is 0.213 e. The van der Waals surface area contributed by atoms with Crippen LogP contribution < -0.4 is 9.47 Å². The van der Waals surface area contributed by atoms with Gasteiger partial charge < -0.3 is 9.47 Å². The molecule has 0 unspecified atom stereocenters. The van der Waals surface area contributed by atoms with Gasteiger partial charge in [-0.25, -0.2) is 9.97 Å². The number of ether oxygens (including phenoxy) is 2. The molecule has 0 amide bonds. The lowest BCUT2D eigenvalue weighted by molar-refractivity contribution is 0.111. The minimum atomic E-state index is 0.383. The van der Waals surface area contributed by atoms with Gasteiger partial charge in [-0.15, -0.1) is 0 Å². The molecular formula is C19H19ClN2O3. The Morgan fingerprint density at radius 1 is 1.28 bits per heavy atom. The number of allylic oxidation sites excluding steroid dienone is 1. The fraction of sp³-hybridized carbons (Fsp3) is 0.316. The van der Waals surface area contributed by atoms with Gasteiger partial charge in [0.1, 0.15) is 17.5 Å². The van der Waals surface area contributed by atoms with Gasteiger partial charge in [0.05, 0.1) is 18.9 Å². The molecule has 2 aromatic heterocycles. The highest BCUT2D eigenvalue weighted by Crippen LogP contribution is 2.35. The van der Waals surface area contributed by atoms with Gasteiger partial charge >= 0.3 is 0 Å². The summed E-state index contributed by atoms with van der Waals surface area (Å²) in [4.78, 5) is 19.6. The zero-order valence-corrected chi connectivity index (χ0v) is 14.8. The van der Waals surface area contributed by atoms with Crippen molar-refractivity contribution in [2.45, 2.75) is 25.7 Å². The molecule has 2 heterocycles. The summed E-state index contributed by atoms with van der Waals surface area (Å²) in [6.07, 6.45) is 8.07. The van der Waals surface area contributed by atoms with Crippen molar-refractivity contribution in [2.24, 2.45) is 0 Å². The maximum absolute atomic E-state index is 11.3. The van der Waals surface area contributed by atoms with Crippen molar-refractivity contribution in [1.29, 1.82) is 0 Å². The third-order valence-corrected chi connectivity index (χ3v) is 4.58. The number of pyridine rings is 2. The van der Waals surface area contributed by atoms with Gasteiger partial charge in [0.2, 0.25) is 5.88 Å². The van der Waals surface area contributed by atoms with Crippen LogP contribution in [0.1, 0.15) is 41.6 Å². The average molecular weight is 359 g/mol. The van der Waals surface area contributed by atoms with E-state index in [1.807, 2.05) is 12.1 Å². The van der Waals surface area contributed by atoms with E-state index in [1.54, 1.807) is 12.3 Å². The van der Waals surface area contributed by atoms with Crippen molar-refractivity contribution < 1.29 is 14.3 Å². The fourth-order valence-corrected chi connectivity index (χ4v) is 3.22. The molecule has 25 heavy (non-hydrogen) atoms. The van der Waals surface area contributed by atoms with E-state index in [0.717, 1.165) is 37.5 Å². The van der Waals surface area contributed by atoms with Crippen molar-refractivity contribution in [3.63, 3.8) is 0 Å². The summed E-state index contributed by atoms with van der Waals surface area (Å²) < 4.78 is 10.9. The molecule has 0 aliphatic heterocycles. The Hall–Kier alpha value is -2.40. The van der Waals surface area contributed by atoms with Gasteiger partial charge in [0.15, 0.2) is 6.29 Å². The van der Waals surface area contributed by atoms with Crippen LogP contribution in [0.15, 0.2) is 36.2 Å². The normalized spacial score (nSPS) is 14.3. The highest BCUT2D eigenvalue weighted by molar-refractivity contribution is 6.31. The molecule has 1 aliphatic rings. The molecular weight excluding hydrogens is 340 g/mol. The Morgan fingerprint density at radius 3 is 2.88 bits per heavy atom. The van der Waals surface area contributed by atoms with Crippen LogP contribution in [-0.4, -0.2) is 30.0 Å². The van der Waals surface area contributed by atoms with Gasteiger partial charge in [0, 0.05) is 17.8 Å². The molecule has 0 atom stereocenters. The highest BCUT2D eigenvalue weighted by atomic mass is 35.5. The second-order valence-corrected chi connectivity index (χ2v) is 6.16. The summed E-state index contributed by atoms with van der Waals surface area (Å²) in [6, 6.07) is 5.44. The van der Waals surface area contributed by atoms with E-state index in [0.29, 0.717) is 29.0 Å². The fourth-order valence-electron chi connectivity index (χ4n) is 2.99. The maximum atomic E-state index is 11.3. The molecule has 0 saturated carbocycles. The van der Waals surface area contributed by atoms with Crippen LogP contribution in [0, 0.1) is 0 Å². The predicted octanol–water partition coefficient (Wildman–Crippen LogP) is 4.36. The smallest absolute Gasteiger partial charge is 0.213 e. The number of hydrogen-bond acceptors (Lipinski definition) is 5. The van der Waals surface area contributed by atoms with Crippen LogP contribution in [0.4, 0.5) is 0 Å². The minimum Gasteiger partial charge on any atom is -0.487 e. The van der Waals surface area contributed by atoms with E-state index in [2.05, 4.69) is 9.97 Å². The van der Waals surface area contributed by atoms with E-state index >= 15 is 0 Å². The third-order valence-electron chi connectivity index (χ3n) is 4.28. The largest absolute Gasteiger partial charge is 0.487 e. The first kappa shape index (κ1) is 17.4. The van der Waals surface area contributed by atoms with Gasteiger partial charge in [0.25, 0.3) is 0 Å². The standard InChI is InChI=1S/C19H19ClN2O3/c1-24-18-9-14(11-23)17(10-22-18)25-12-13-5-2-3-6-15(13)16-7-4-8-21-19(16)20/h4,7-11H,2-3,5-6,12H2,1H3. The second kappa shape index (κ2) is 8.12. The Bertz CT molecular complexity index is 805. The first-order valence-corrected chi connectivity index (χ1v) is 8.54. The Balaban J connectivity index is 1.85. The van der Waals surface area contributed by atoms with Crippen LogP contribution >= 0.6 is 11.6 Å². The summed E-state index contributed by atoms with van der Waals surface area (Å²) in [6.45, 7) is 0.398. The summed E-state index contributed by atoms with van der Waals surface area (Å²) in [5.41, 5.74) is 3.77. The first-order valence-electron chi connectivity index (χ1n) is 8.16. The van der Waals surface area contributed by atoms with Gasteiger partial charge in [-0.3, -0.25) is 4.79 Å². The molecule has 130 valence electrons. The van der Waals surface area contributed by atoms with Crippen LogP contribution in [0.25, 0.3) is 5.57 Å². The zero-order chi connectivity index (χ0) is 17.6. The van der Waals surface area contributed by atoms with Crippen molar-refractivity contribution >= 4 is 23.5 Å². The average Bonchev–Trinajstić information content (AvgIpc) is 2.67. The van der Waals surface area contributed by atoms with Crippen molar-refractivity contribution in [3.8, 4) is 11.6 Å². The highest BCUT2D eigenvalue weighted by Gasteiger charge is 2.18. The third kappa shape index (κ3) is 3.99. The lowest BCUT2D eigenvalue weighted by Gasteiger charge is -2.21. The molecule has 0 fully saturated rings. The van der Waals surface area contributed by atoms with Crippen LogP contribution in [-0.2, 0) is 0 Å². The van der Waals surface area contributed by atoms with Gasteiger partial charge in [-0.1, -0.05) is 17.7 Å². The molecule has 0 N–H and O–H groups in total. The van der Waals surface area contributed by atoms with E-state index in [-0.39, 0.29) is 0 Å². The monoisotopic (exact) mass is 358 g/mol. The quantitative estimate of drug-likeness (QED) is 0.567. The second-order valence-electron chi connectivity index (χ2n) is 5.80. The van der Waals surface area contributed by atoms with Crippen molar-refractivity contribution in [1.82, 2.24) is 9.97 Å². The molecule has 5 nitrogen and oxygen atoms in total. The van der Waals surface area contributed by atoms with Gasteiger partial charge in [-0.2, -0.15) is 0 Å². The van der Waals surface area contributed by atoms with Crippen LogP contribution in [0.2, 0.25) is 5.15 Å². The molecule has 0 radical (unpaired) electrons. The molecule has 6 heteroatoms. The number of halogens is 1. The van der Waals surface area contributed by atoms with Gasteiger partial charge in [-0.05, 0) is 42.9 Å². The van der Waals surface area contributed by atoms with Crippen molar-refractivity contribution in [3.05, 3.63) is 52.4 Å². The number of aldehydes is 1. The van der Waals surface area contributed by atoms with E-state index in [1.165, 1.54) is 24.5 Å². The molecule has 0 bridgehead atoms. The SMILES string of the molecule is COc1cc(C=O)c(OCC2=C(c3cccnc3Cl)CCCC2)cn1. The number of nitrogens with zero attached hydrogens (tertiary/aromatic N) is 2. The molecule has 1 aliphatic carbocycles. The number of carbonyl (C=O) groups excluding carboxylic acids is 1. The minimum absolute atomic E-state index is 0.383. The van der Waals surface area contributed by atoms with E-state index in [4.69, 9.17) is 21.1 Å². The molecule has 0 saturated heterocycles. The predicted molar refractivity (Wildman–Crippen MR) is 96.3 cm³/mol. The summed E-state index contributed by atoms with van der Waals surface area (Å²) >= 11 is 6.26. The Kier molecular flexibility index (Phi) is 5.66. The summed E-state index contributed by atoms with van der Waals surface area (Å²) in [5, 5.41) is 0.511. The number of rotatable bonds is 6. The lowest BCUT2D eigenvalue weighted by atomic mass is 9.88. The molecule has 0 aromatic carbocycles. The van der Waals surface area contributed by atoms with E-state index in [9.17, 15) is 4.79 Å². The Labute approximate surface area is 151 Å². The van der Waals surface area contributed by atoms with E-state index < -0.39 is 0 Å². The summed E-state index contributed by atoms with van der Waals surface area (Å²) in [5.74, 6) is 0.833. The number of hydrogen-bond donors (Lipinski definition) is 0. The summed E-state index contributed by atoms with van der Waals surface area (Å²) in [7, 11) is 1.51. The number of aromatic nitrogens is 2. The van der Waals surface area contributed by atoms with Crippen LogP contribution in [0.3, 0.4) is 0 Å². The Morgan fingerprint density at radius 2 is 2.12 bits per heavy atom. The zero-order valence-electron chi connectivity index (χ0n) is 14.0. The number of methoxy groups -OCH3 is 1. The first-order chi connectivity index (χ1) is 12.2. The topological polar surface area (TPSA) is 61.3 Å². The molecule has 0 spiro atoms. The van der Waals surface area contributed by atoms with Crippen molar-refractivity contribution in [2.75, 3.05) is 13.7 Å². The molecule has 2 aromatic rings. The van der Waals surface area contributed by atoms with Crippen LogP contribution in [0.5, 0.6) is 11.6 Å².